The standard InChI is InChI=1S/C24H21N7O8S2/c25-22(27-23(32)38-13-16-1-5-18(6-2-16)30(34)35)29(10-12-40-20-21-28(15-26-20)9-11-41-21)24(33)39-14-17-3-7-19(8-4-17)31(36)37/h1-9,11,15H,10,12-14H2,(H2,25,27,32). The summed E-state index contributed by atoms with van der Waals surface area (Å²) < 4.78 is 12.2. The maximum atomic E-state index is 12.9. The lowest BCUT2D eigenvalue weighted by atomic mass is 10.2. The lowest BCUT2D eigenvalue weighted by molar-refractivity contribution is -0.385. The monoisotopic (exact) mass is 599 g/mol. The zero-order chi connectivity index (χ0) is 29.4. The number of benzene rings is 2. The third kappa shape index (κ3) is 7.76. The van der Waals surface area contributed by atoms with Crippen molar-refractivity contribution in [3.05, 3.63) is 97.8 Å². The molecule has 0 spiro atoms. The number of non-ortho nitro benzene ring substituents is 2. The molecule has 0 bridgehead atoms. The van der Waals surface area contributed by atoms with E-state index in [2.05, 4.69) is 9.98 Å². The zero-order valence-electron chi connectivity index (χ0n) is 21.0. The molecular formula is C24H21N7O8S2. The second-order valence-corrected chi connectivity index (χ2v) is 10.1. The number of hydrogen-bond acceptors (Lipinski definition) is 11. The van der Waals surface area contributed by atoms with Gasteiger partial charge in [0.2, 0.25) is 5.96 Å². The Morgan fingerprint density at radius 3 is 2.17 bits per heavy atom. The van der Waals surface area contributed by atoms with Gasteiger partial charge >= 0.3 is 12.2 Å². The molecule has 0 radical (unpaired) electrons. The molecule has 4 rings (SSSR count). The Labute approximate surface area is 239 Å². The van der Waals surface area contributed by atoms with E-state index in [0.29, 0.717) is 16.9 Å². The van der Waals surface area contributed by atoms with Crippen LogP contribution in [0.3, 0.4) is 0 Å². The normalized spacial score (nSPS) is 11.3. The summed E-state index contributed by atoms with van der Waals surface area (Å²) in [4.78, 5) is 55.7. The van der Waals surface area contributed by atoms with E-state index in [1.54, 1.807) is 6.33 Å². The van der Waals surface area contributed by atoms with E-state index in [1.807, 2.05) is 16.0 Å². The Morgan fingerprint density at radius 2 is 1.59 bits per heavy atom. The molecule has 15 nitrogen and oxygen atoms in total. The first-order valence-electron chi connectivity index (χ1n) is 11.7. The summed E-state index contributed by atoms with van der Waals surface area (Å²) in [5.41, 5.74) is 6.75. The number of nitro benzene ring substituents is 2. The molecule has 41 heavy (non-hydrogen) atoms. The van der Waals surface area contributed by atoms with Gasteiger partial charge in [0.15, 0.2) is 0 Å². The minimum Gasteiger partial charge on any atom is -0.444 e. The van der Waals surface area contributed by atoms with E-state index < -0.39 is 28.0 Å². The van der Waals surface area contributed by atoms with Gasteiger partial charge in [-0.3, -0.25) is 24.6 Å². The summed E-state index contributed by atoms with van der Waals surface area (Å²) >= 11 is 2.87. The first-order chi connectivity index (χ1) is 19.7. The number of thioether (sulfide) groups is 1. The molecule has 0 fully saturated rings. The second kappa shape index (κ2) is 13.4. The maximum absolute atomic E-state index is 12.9. The Hall–Kier alpha value is -5.03. The lowest BCUT2D eigenvalue weighted by Crippen LogP contribution is -2.44. The number of thiazole rings is 1. The zero-order valence-corrected chi connectivity index (χ0v) is 22.7. The van der Waals surface area contributed by atoms with E-state index in [0.717, 1.165) is 14.8 Å². The van der Waals surface area contributed by atoms with Crippen molar-refractivity contribution >= 4 is 57.4 Å². The molecule has 0 atom stereocenters. The highest BCUT2D eigenvalue weighted by molar-refractivity contribution is 7.99. The van der Waals surface area contributed by atoms with E-state index in [-0.39, 0.29) is 31.1 Å². The fourth-order valence-corrected chi connectivity index (χ4v) is 5.17. The first kappa shape index (κ1) is 29.0. The number of nitro groups is 2. The molecule has 17 heteroatoms. The number of aliphatic imine (C=N–C) groups is 1. The number of fused-ring (bicyclic) bond motifs is 1. The summed E-state index contributed by atoms with van der Waals surface area (Å²) in [7, 11) is 0. The number of hydrogen-bond donors (Lipinski definition) is 1. The molecule has 2 aromatic carbocycles. The molecule has 2 amide bonds. The number of carbonyl (C=O) groups excluding carboxylic acids is 2. The number of nitrogens with zero attached hydrogens (tertiary/aromatic N) is 6. The van der Waals surface area contributed by atoms with Crippen molar-refractivity contribution < 1.29 is 28.9 Å². The minimum atomic E-state index is -1.09. The molecule has 4 aromatic rings. The van der Waals surface area contributed by atoms with E-state index in [9.17, 15) is 29.8 Å². The van der Waals surface area contributed by atoms with Crippen molar-refractivity contribution in [2.45, 2.75) is 18.2 Å². The molecule has 0 aliphatic carbocycles. The molecule has 2 aromatic heterocycles. The van der Waals surface area contributed by atoms with Gasteiger partial charge in [0.25, 0.3) is 11.4 Å². The van der Waals surface area contributed by atoms with Crippen LogP contribution < -0.4 is 5.73 Å². The number of guanidine groups is 1. The molecule has 2 N–H and O–H groups in total. The van der Waals surface area contributed by atoms with E-state index in [1.165, 1.54) is 71.6 Å². The van der Waals surface area contributed by atoms with Crippen LogP contribution in [0.4, 0.5) is 21.0 Å². The SMILES string of the molecule is NC(=NC(=O)OCc1ccc([N+](=O)[O-])cc1)N(CCSc1ncn2ccsc12)C(=O)OCc1ccc([N+](=O)[O-])cc1. The highest BCUT2D eigenvalue weighted by Gasteiger charge is 2.21. The number of nitrogens with two attached hydrogens (primary N) is 1. The molecular weight excluding hydrogens is 578 g/mol. The Balaban J connectivity index is 1.40. The number of rotatable bonds is 10. The van der Waals surface area contributed by atoms with Crippen LogP contribution in [0.2, 0.25) is 0 Å². The quantitative estimate of drug-likeness (QED) is 0.0879. The van der Waals surface area contributed by atoms with Crippen LogP contribution in [0, 0.1) is 20.2 Å². The maximum Gasteiger partial charge on any atom is 0.437 e. The average molecular weight is 600 g/mol. The largest absolute Gasteiger partial charge is 0.444 e. The molecule has 0 unspecified atom stereocenters. The van der Waals surface area contributed by atoms with Gasteiger partial charge < -0.3 is 15.2 Å². The highest BCUT2D eigenvalue weighted by atomic mass is 32.2. The van der Waals surface area contributed by atoms with Crippen LogP contribution in [0.25, 0.3) is 4.83 Å². The van der Waals surface area contributed by atoms with Crippen LogP contribution >= 0.6 is 23.1 Å². The highest BCUT2D eigenvalue weighted by Crippen LogP contribution is 2.25. The third-order valence-electron chi connectivity index (χ3n) is 5.39. The van der Waals surface area contributed by atoms with Crippen LogP contribution in [0.1, 0.15) is 11.1 Å². The number of amides is 2. The van der Waals surface area contributed by atoms with Crippen molar-refractivity contribution in [3.8, 4) is 0 Å². The lowest BCUT2D eigenvalue weighted by Gasteiger charge is -2.20. The molecule has 212 valence electrons. The van der Waals surface area contributed by atoms with Crippen LogP contribution in [-0.2, 0) is 22.7 Å². The van der Waals surface area contributed by atoms with E-state index >= 15 is 0 Å². The topological polar surface area (TPSA) is 198 Å². The van der Waals surface area contributed by atoms with Crippen molar-refractivity contribution in [2.75, 3.05) is 12.3 Å². The first-order valence-corrected chi connectivity index (χ1v) is 13.5. The van der Waals surface area contributed by atoms with Gasteiger partial charge in [0.1, 0.15) is 29.4 Å². The summed E-state index contributed by atoms with van der Waals surface area (Å²) in [5.74, 6) is -0.148. The summed E-state index contributed by atoms with van der Waals surface area (Å²) in [6, 6.07) is 10.9. The number of carbonyl (C=O) groups is 2. The van der Waals surface area contributed by atoms with Gasteiger partial charge in [-0.1, -0.05) is 0 Å². The summed E-state index contributed by atoms with van der Waals surface area (Å²) in [6.07, 6.45) is 1.54. The van der Waals surface area contributed by atoms with Gasteiger partial charge in [0, 0.05) is 48.1 Å². The van der Waals surface area contributed by atoms with Crippen molar-refractivity contribution in [1.82, 2.24) is 14.3 Å². The number of ether oxygens (including phenoxy) is 2. The van der Waals surface area contributed by atoms with Crippen LogP contribution in [0.5, 0.6) is 0 Å². The van der Waals surface area contributed by atoms with Gasteiger partial charge in [-0.2, -0.15) is 0 Å². The molecule has 0 saturated carbocycles. The van der Waals surface area contributed by atoms with Crippen molar-refractivity contribution in [1.29, 1.82) is 0 Å². The summed E-state index contributed by atoms with van der Waals surface area (Å²) in [6.45, 7) is -0.445. The Bertz CT molecular complexity index is 1590. The van der Waals surface area contributed by atoms with Gasteiger partial charge in [0.05, 0.1) is 9.85 Å². The Kier molecular flexibility index (Phi) is 9.43. The fourth-order valence-electron chi connectivity index (χ4n) is 3.32. The van der Waals surface area contributed by atoms with Crippen molar-refractivity contribution in [2.24, 2.45) is 10.7 Å². The van der Waals surface area contributed by atoms with Crippen LogP contribution in [-0.4, -0.2) is 54.6 Å². The average Bonchev–Trinajstić information content (AvgIpc) is 3.58. The second-order valence-electron chi connectivity index (χ2n) is 8.09. The van der Waals surface area contributed by atoms with Gasteiger partial charge in [-0.05, 0) is 35.4 Å². The molecule has 0 aliphatic rings. The van der Waals surface area contributed by atoms with E-state index in [4.69, 9.17) is 15.2 Å². The molecule has 2 heterocycles. The van der Waals surface area contributed by atoms with Crippen LogP contribution in [0.15, 0.2) is 76.5 Å². The molecule has 0 aliphatic heterocycles. The Morgan fingerprint density at radius 1 is 1.00 bits per heavy atom. The smallest absolute Gasteiger partial charge is 0.437 e. The predicted octanol–water partition coefficient (Wildman–Crippen LogP) is 4.59. The molecule has 0 saturated heterocycles. The number of imidazole rings is 1. The summed E-state index contributed by atoms with van der Waals surface area (Å²) in [5, 5.41) is 24.3. The van der Waals surface area contributed by atoms with Gasteiger partial charge in [-0.25, -0.2) is 19.5 Å². The fraction of sp³-hybridized carbons (Fsp3) is 0.167. The minimum absolute atomic E-state index is 0.000870. The predicted molar refractivity (Wildman–Crippen MR) is 149 cm³/mol. The van der Waals surface area contributed by atoms with Gasteiger partial charge in [-0.15, -0.1) is 28.1 Å². The van der Waals surface area contributed by atoms with Crippen molar-refractivity contribution in [3.63, 3.8) is 0 Å². The third-order valence-corrected chi connectivity index (χ3v) is 7.37. The number of aromatic nitrogens is 2.